The summed E-state index contributed by atoms with van der Waals surface area (Å²) in [7, 11) is 2.47. The van der Waals surface area contributed by atoms with Crippen LogP contribution in [0.15, 0.2) is 54.6 Å². The Morgan fingerprint density at radius 3 is 2.27 bits per heavy atom. The van der Waals surface area contributed by atoms with Gasteiger partial charge in [-0.1, -0.05) is 54.6 Å². The zero-order valence-corrected chi connectivity index (χ0v) is 9.11. The van der Waals surface area contributed by atoms with Crippen molar-refractivity contribution >= 4 is 0 Å². The van der Waals surface area contributed by atoms with Gasteiger partial charge in [0.1, 0.15) is 10.8 Å². The van der Waals surface area contributed by atoms with E-state index in [9.17, 15) is 0 Å². The molecule has 0 nitrogen and oxygen atoms in total. The van der Waals surface area contributed by atoms with Crippen LogP contribution in [0.25, 0.3) is 11.1 Å². The molecule has 1 heteroatoms. The number of halogens is 1. The standard InChI is InChI=1S/C14H12Cl/c1-2-6-11(7-3-1)12-8-4-5-9-13(12)14-10-15-14/h1-9,14H,10H2/q+1. The van der Waals surface area contributed by atoms with E-state index < -0.39 is 0 Å². The van der Waals surface area contributed by atoms with E-state index in [4.69, 9.17) is 0 Å². The van der Waals surface area contributed by atoms with E-state index in [1.54, 1.807) is 0 Å². The maximum Gasteiger partial charge on any atom is 0.261 e. The zero-order chi connectivity index (χ0) is 10.1. The van der Waals surface area contributed by atoms with Crippen LogP contribution in [0.5, 0.6) is 0 Å². The lowest BCUT2D eigenvalue weighted by Crippen LogP contribution is -1.86. The summed E-state index contributed by atoms with van der Waals surface area (Å²) in [6.07, 6.45) is 0. The molecule has 2 aromatic carbocycles. The van der Waals surface area contributed by atoms with E-state index >= 15 is 0 Å². The first kappa shape index (κ1) is 8.99. The summed E-state index contributed by atoms with van der Waals surface area (Å²) in [6, 6.07) is 19.3. The summed E-state index contributed by atoms with van der Waals surface area (Å²) >= 11 is 0. The Kier molecular flexibility index (Phi) is 2.22. The molecule has 3 rings (SSSR count). The second-order valence-electron chi connectivity index (χ2n) is 3.73. The molecule has 0 radical (unpaired) electrons. The number of benzene rings is 2. The van der Waals surface area contributed by atoms with Crippen molar-refractivity contribution in [2.24, 2.45) is 0 Å². The lowest BCUT2D eigenvalue weighted by atomic mass is 9.98. The van der Waals surface area contributed by atoms with E-state index in [0.717, 1.165) is 0 Å². The fourth-order valence-electron chi connectivity index (χ4n) is 1.86. The Morgan fingerprint density at radius 1 is 0.867 bits per heavy atom. The second-order valence-corrected chi connectivity index (χ2v) is 4.87. The Bertz CT molecular complexity index is 458. The molecule has 0 spiro atoms. The third kappa shape index (κ3) is 1.78. The molecule has 74 valence electrons. The fraction of sp³-hybridized carbons (Fsp3) is 0.143. The topological polar surface area (TPSA) is 0 Å². The molecule has 0 amide bonds. The average molecular weight is 216 g/mol. The highest BCUT2D eigenvalue weighted by molar-refractivity contribution is 5.67. The molecule has 0 N–H and O–H groups in total. The summed E-state index contributed by atoms with van der Waals surface area (Å²) in [6.45, 7) is 0. The minimum atomic E-state index is 0.682. The van der Waals surface area contributed by atoms with Gasteiger partial charge in [0, 0.05) is 5.56 Å². The van der Waals surface area contributed by atoms with Crippen molar-refractivity contribution in [3.63, 3.8) is 0 Å². The molecule has 0 bridgehead atoms. The molecule has 1 unspecified atom stereocenters. The van der Waals surface area contributed by atoms with Crippen LogP contribution < -0.4 is 0 Å². The summed E-state index contributed by atoms with van der Waals surface area (Å²) in [5, 5.41) is 0.682. The minimum absolute atomic E-state index is 0.682. The zero-order valence-electron chi connectivity index (χ0n) is 8.36. The molecule has 0 saturated carbocycles. The maximum absolute atomic E-state index is 2.47. The lowest BCUT2D eigenvalue weighted by molar-refractivity contribution is -0.499. The lowest BCUT2D eigenvalue weighted by Gasteiger charge is -2.04. The van der Waals surface area contributed by atoms with Crippen LogP contribution in [0, 0.1) is 10.8 Å². The predicted molar refractivity (Wildman–Crippen MR) is 59.5 cm³/mol. The van der Waals surface area contributed by atoms with Gasteiger partial charge in [-0.25, -0.2) is 0 Å². The molecule has 1 saturated heterocycles. The third-order valence-electron chi connectivity index (χ3n) is 2.69. The van der Waals surface area contributed by atoms with Gasteiger partial charge in [0.25, 0.3) is 5.38 Å². The summed E-state index contributed by atoms with van der Waals surface area (Å²) in [5.74, 6) is 1.23. The quantitative estimate of drug-likeness (QED) is 0.673. The molecule has 1 aliphatic rings. The van der Waals surface area contributed by atoms with Crippen molar-refractivity contribution in [3.05, 3.63) is 60.2 Å². The van der Waals surface area contributed by atoms with Crippen LogP contribution in [0.4, 0.5) is 0 Å². The molecule has 15 heavy (non-hydrogen) atoms. The van der Waals surface area contributed by atoms with Crippen LogP contribution in [-0.4, -0.2) is 5.88 Å². The van der Waals surface area contributed by atoms with Crippen LogP contribution >= 0.6 is 0 Å². The van der Waals surface area contributed by atoms with E-state index in [-0.39, 0.29) is 0 Å². The summed E-state index contributed by atoms with van der Waals surface area (Å²) < 4.78 is 0. The first-order valence-corrected chi connectivity index (χ1v) is 6.14. The van der Waals surface area contributed by atoms with Crippen molar-refractivity contribution in [2.75, 3.05) is 5.88 Å². The first-order valence-electron chi connectivity index (χ1n) is 5.17. The minimum Gasteiger partial charge on any atom is -0.0622 e. The van der Waals surface area contributed by atoms with E-state index in [0.29, 0.717) is 5.38 Å². The van der Waals surface area contributed by atoms with Crippen LogP contribution in [0.1, 0.15) is 10.9 Å². The van der Waals surface area contributed by atoms with Crippen molar-refractivity contribution in [3.8, 4) is 11.1 Å². The maximum atomic E-state index is 2.47. The monoisotopic (exact) mass is 215 g/mol. The number of hydrogen-bond donors (Lipinski definition) is 0. The van der Waals surface area contributed by atoms with Crippen LogP contribution in [0.2, 0.25) is 0 Å². The molecule has 1 atom stereocenters. The number of hydrogen-bond acceptors (Lipinski definition) is 0. The van der Waals surface area contributed by atoms with E-state index in [1.165, 1.54) is 22.6 Å². The highest BCUT2D eigenvalue weighted by atomic mass is 35.5. The predicted octanol–water partition coefficient (Wildman–Crippen LogP) is 3.49. The average Bonchev–Trinajstić information content (AvgIpc) is 3.14. The summed E-state index contributed by atoms with van der Waals surface area (Å²) in [5.41, 5.74) is 4.18. The molecule has 0 aromatic heterocycles. The Labute approximate surface area is 93.7 Å². The van der Waals surface area contributed by atoms with Crippen LogP contribution in [-0.2, 0) is 0 Å². The highest BCUT2D eigenvalue weighted by Crippen LogP contribution is 2.37. The first-order chi connectivity index (χ1) is 7.45. The highest BCUT2D eigenvalue weighted by Gasteiger charge is 2.45. The second kappa shape index (κ2) is 3.71. The van der Waals surface area contributed by atoms with Gasteiger partial charge in [-0.2, -0.15) is 0 Å². The van der Waals surface area contributed by atoms with Gasteiger partial charge in [0.05, 0.1) is 0 Å². The SMILES string of the molecule is c1ccc(-c2ccccc2C2C[Cl+]2)cc1. The molecule has 0 aliphatic carbocycles. The molecular weight excluding hydrogens is 204 g/mol. The third-order valence-corrected chi connectivity index (χ3v) is 3.54. The van der Waals surface area contributed by atoms with Gasteiger partial charge >= 0.3 is 0 Å². The Hall–Kier alpha value is -1.27. The van der Waals surface area contributed by atoms with Crippen molar-refractivity contribution in [1.82, 2.24) is 0 Å². The largest absolute Gasteiger partial charge is 0.261 e. The van der Waals surface area contributed by atoms with Crippen LogP contribution in [0.3, 0.4) is 0 Å². The molecule has 1 heterocycles. The van der Waals surface area contributed by atoms with Gasteiger partial charge in [0.15, 0.2) is 0 Å². The van der Waals surface area contributed by atoms with Gasteiger partial charge in [0.2, 0.25) is 5.88 Å². The molecule has 1 fully saturated rings. The molecular formula is C14H12Cl+. The summed E-state index contributed by atoms with van der Waals surface area (Å²) in [4.78, 5) is 0. The van der Waals surface area contributed by atoms with Crippen molar-refractivity contribution in [2.45, 2.75) is 5.38 Å². The van der Waals surface area contributed by atoms with Crippen molar-refractivity contribution < 1.29 is 10.8 Å². The molecule has 1 aliphatic heterocycles. The van der Waals surface area contributed by atoms with Crippen molar-refractivity contribution in [1.29, 1.82) is 0 Å². The van der Waals surface area contributed by atoms with Gasteiger partial charge in [-0.15, -0.1) is 0 Å². The Balaban J connectivity index is 2.11. The van der Waals surface area contributed by atoms with Gasteiger partial charge < -0.3 is 0 Å². The van der Waals surface area contributed by atoms with Gasteiger partial charge in [-0.05, 0) is 11.1 Å². The smallest absolute Gasteiger partial charge is 0.0622 e. The normalized spacial score (nSPS) is 18.8. The molecule has 2 aromatic rings. The number of alkyl halides is 2. The fourth-order valence-corrected chi connectivity index (χ4v) is 2.47. The van der Waals surface area contributed by atoms with E-state index in [1.807, 2.05) is 0 Å². The number of rotatable bonds is 2. The van der Waals surface area contributed by atoms with Gasteiger partial charge in [-0.3, -0.25) is 0 Å². The van der Waals surface area contributed by atoms with E-state index in [2.05, 4.69) is 65.4 Å². The Morgan fingerprint density at radius 2 is 1.53 bits per heavy atom.